The molecule has 0 unspecified atom stereocenters. The molecule has 2 heteroatoms. The molecule has 1 saturated heterocycles. The molecule has 1 fully saturated rings. The van der Waals surface area contributed by atoms with Crippen molar-refractivity contribution in [3.05, 3.63) is 0 Å². The van der Waals surface area contributed by atoms with Gasteiger partial charge in [0.15, 0.2) is 0 Å². The van der Waals surface area contributed by atoms with Crippen LogP contribution in [0.3, 0.4) is 0 Å². The first-order chi connectivity index (χ1) is 2.50. The predicted octanol–water partition coefficient (Wildman–Crippen LogP) is 0.949. The van der Waals surface area contributed by atoms with Gasteiger partial charge in [0.2, 0.25) is 0 Å². The zero-order valence-corrected chi connectivity index (χ0v) is 3.64. The fourth-order valence-corrected chi connectivity index (χ4v) is 0.510. The highest BCUT2D eigenvalue weighted by molar-refractivity contribution is 4.43. The highest BCUT2D eigenvalue weighted by atomic mass is 19.0. The van der Waals surface area contributed by atoms with Gasteiger partial charge in [0.1, 0.15) is 0 Å². The van der Waals surface area contributed by atoms with Gasteiger partial charge in [-0.15, -0.1) is 0 Å². The van der Waals surface area contributed by atoms with Crippen molar-refractivity contribution in [1.29, 1.82) is 0 Å². The van der Waals surface area contributed by atoms with E-state index in [-0.39, 0.29) is 4.70 Å². The predicted molar refractivity (Wildman–Crippen MR) is 22.6 cm³/mol. The molecular formula is C4H9FO. The normalized spacial score (nSPS) is 20.0. The molecule has 0 spiro atoms. The van der Waals surface area contributed by atoms with Crippen molar-refractivity contribution in [2.45, 2.75) is 12.8 Å². The second-order valence-electron chi connectivity index (χ2n) is 1.32. The molecule has 0 amide bonds. The van der Waals surface area contributed by atoms with Crippen LogP contribution in [0.25, 0.3) is 0 Å². The minimum Gasteiger partial charge on any atom is -0.381 e. The molecule has 0 bridgehead atoms. The van der Waals surface area contributed by atoms with Crippen LogP contribution in [-0.2, 0) is 4.74 Å². The van der Waals surface area contributed by atoms with Crippen LogP contribution in [0.5, 0.6) is 0 Å². The summed E-state index contributed by atoms with van der Waals surface area (Å²) in [5.41, 5.74) is 0. The number of halogens is 1. The summed E-state index contributed by atoms with van der Waals surface area (Å²) in [5, 5.41) is 0. The molecule has 6 heavy (non-hydrogen) atoms. The van der Waals surface area contributed by atoms with E-state index < -0.39 is 0 Å². The van der Waals surface area contributed by atoms with Crippen LogP contribution in [0.15, 0.2) is 0 Å². The maximum Gasteiger partial charge on any atom is 0.0466 e. The van der Waals surface area contributed by atoms with Crippen LogP contribution in [0, 0.1) is 0 Å². The van der Waals surface area contributed by atoms with E-state index in [0.717, 1.165) is 13.2 Å². The fourth-order valence-electron chi connectivity index (χ4n) is 0.510. The molecule has 1 heterocycles. The molecule has 0 aromatic heterocycles. The molecule has 0 aliphatic carbocycles. The van der Waals surface area contributed by atoms with Gasteiger partial charge < -0.3 is 4.74 Å². The second-order valence-corrected chi connectivity index (χ2v) is 1.32. The third kappa shape index (κ3) is 1.36. The summed E-state index contributed by atoms with van der Waals surface area (Å²) < 4.78 is 4.94. The standard InChI is InChI=1S/C4H8O.FH/c1-2-4-5-3-1;/h1-4H2;1H. The molecule has 0 N–H and O–H groups in total. The van der Waals surface area contributed by atoms with Crippen LogP contribution in [0.2, 0.25) is 0 Å². The molecule has 0 radical (unpaired) electrons. The van der Waals surface area contributed by atoms with Gasteiger partial charge in [-0.3, -0.25) is 4.70 Å². The van der Waals surface area contributed by atoms with Gasteiger partial charge in [-0.1, -0.05) is 0 Å². The first-order valence-electron chi connectivity index (χ1n) is 2.08. The molecule has 38 valence electrons. The molecule has 0 aromatic rings. The summed E-state index contributed by atoms with van der Waals surface area (Å²) in [6.07, 6.45) is 2.56. The Labute approximate surface area is 36.7 Å². The SMILES string of the molecule is C1CCOC1.F. The number of rotatable bonds is 0. The van der Waals surface area contributed by atoms with Crippen LogP contribution < -0.4 is 0 Å². The highest BCUT2D eigenvalue weighted by Gasteiger charge is 1.94. The first kappa shape index (κ1) is 5.89. The van der Waals surface area contributed by atoms with Crippen molar-refractivity contribution in [1.82, 2.24) is 0 Å². The molecule has 0 aromatic carbocycles. The Balaban J connectivity index is 0.000000250. The first-order valence-corrected chi connectivity index (χ1v) is 2.08. The van der Waals surface area contributed by atoms with Gasteiger partial charge in [-0.25, -0.2) is 0 Å². The molecule has 1 aliphatic heterocycles. The molecule has 1 nitrogen and oxygen atoms in total. The second kappa shape index (κ2) is 3.09. The smallest absolute Gasteiger partial charge is 0.0466 e. The number of hydrogen-bond acceptors (Lipinski definition) is 1. The van der Waals surface area contributed by atoms with Crippen LogP contribution in [-0.4, -0.2) is 13.2 Å². The minimum atomic E-state index is 0. The lowest BCUT2D eigenvalue weighted by molar-refractivity contribution is 0.198. The monoisotopic (exact) mass is 92.1 g/mol. The molecule has 0 saturated carbocycles. The number of hydrogen-bond donors (Lipinski definition) is 0. The Morgan fingerprint density at radius 2 is 1.50 bits per heavy atom. The maximum absolute atomic E-state index is 4.94. The quantitative estimate of drug-likeness (QED) is 0.432. The summed E-state index contributed by atoms with van der Waals surface area (Å²) in [4.78, 5) is 0. The Morgan fingerprint density at radius 3 is 1.67 bits per heavy atom. The third-order valence-electron chi connectivity index (χ3n) is 0.827. The summed E-state index contributed by atoms with van der Waals surface area (Å²) in [7, 11) is 0. The highest BCUT2D eigenvalue weighted by Crippen LogP contribution is 1.98. The Morgan fingerprint density at radius 1 is 1.00 bits per heavy atom. The minimum absolute atomic E-state index is 0. The van der Waals surface area contributed by atoms with E-state index >= 15 is 0 Å². The van der Waals surface area contributed by atoms with Gasteiger partial charge >= 0.3 is 0 Å². The van der Waals surface area contributed by atoms with Crippen molar-refractivity contribution < 1.29 is 9.44 Å². The number of ether oxygens (including phenoxy) is 1. The summed E-state index contributed by atoms with van der Waals surface area (Å²) >= 11 is 0. The fraction of sp³-hybridized carbons (Fsp3) is 1.00. The average Bonchev–Trinajstić information content (AvgIpc) is 1.76. The van der Waals surface area contributed by atoms with Crippen LogP contribution in [0.4, 0.5) is 4.70 Å². The zero-order chi connectivity index (χ0) is 3.54. The third-order valence-corrected chi connectivity index (χ3v) is 0.827. The van der Waals surface area contributed by atoms with Gasteiger partial charge in [0.25, 0.3) is 0 Å². The van der Waals surface area contributed by atoms with Crippen molar-refractivity contribution in [2.75, 3.05) is 13.2 Å². The Bertz CT molecular complexity index is 19.1. The van der Waals surface area contributed by atoms with Crippen LogP contribution >= 0.6 is 0 Å². The van der Waals surface area contributed by atoms with Gasteiger partial charge in [-0.05, 0) is 12.8 Å². The molecular weight excluding hydrogens is 83.0 g/mol. The largest absolute Gasteiger partial charge is 0.381 e. The zero-order valence-electron chi connectivity index (χ0n) is 3.64. The van der Waals surface area contributed by atoms with Crippen molar-refractivity contribution >= 4 is 0 Å². The van der Waals surface area contributed by atoms with Crippen molar-refractivity contribution in [3.63, 3.8) is 0 Å². The van der Waals surface area contributed by atoms with E-state index in [2.05, 4.69) is 0 Å². The summed E-state index contributed by atoms with van der Waals surface area (Å²) in [6.45, 7) is 2.00. The Hall–Kier alpha value is -0.110. The summed E-state index contributed by atoms with van der Waals surface area (Å²) in [5.74, 6) is 0. The molecule has 1 rings (SSSR count). The molecule has 1 aliphatic rings. The van der Waals surface area contributed by atoms with Gasteiger partial charge in [-0.2, -0.15) is 0 Å². The lowest BCUT2D eigenvalue weighted by atomic mass is 10.4. The van der Waals surface area contributed by atoms with E-state index in [0.29, 0.717) is 0 Å². The van der Waals surface area contributed by atoms with Crippen LogP contribution in [0.1, 0.15) is 12.8 Å². The van der Waals surface area contributed by atoms with E-state index in [1.807, 2.05) is 0 Å². The van der Waals surface area contributed by atoms with Crippen molar-refractivity contribution in [2.24, 2.45) is 0 Å². The van der Waals surface area contributed by atoms with Gasteiger partial charge in [0.05, 0.1) is 0 Å². The lowest BCUT2D eigenvalue weighted by Crippen LogP contribution is -1.74. The summed E-state index contributed by atoms with van der Waals surface area (Å²) in [6, 6.07) is 0. The molecule has 0 atom stereocenters. The van der Waals surface area contributed by atoms with Gasteiger partial charge in [0, 0.05) is 13.2 Å². The lowest BCUT2D eigenvalue weighted by Gasteiger charge is -1.76. The van der Waals surface area contributed by atoms with E-state index in [1.54, 1.807) is 0 Å². The van der Waals surface area contributed by atoms with E-state index in [9.17, 15) is 0 Å². The average molecular weight is 92.1 g/mol. The maximum atomic E-state index is 4.94. The van der Waals surface area contributed by atoms with E-state index in [1.165, 1.54) is 12.8 Å². The topological polar surface area (TPSA) is 9.23 Å². The Kier molecular flexibility index (Phi) is 3.04. The van der Waals surface area contributed by atoms with E-state index in [4.69, 9.17) is 4.74 Å². The van der Waals surface area contributed by atoms with Crippen molar-refractivity contribution in [3.8, 4) is 0 Å².